The molecule has 0 saturated heterocycles. The largest absolute Gasteiger partial charge is 0.319 e. The van der Waals surface area contributed by atoms with Gasteiger partial charge in [0.05, 0.1) is 17.6 Å². The molecule has 0 fully saturated rings. The van der Waals surface area contributed by atoms with Crippen molar-refractivity contribution >= 4 is 11.0 Å². The highest BCUT2D eigenvalue weighted by molar-refractivity contribution is 5.98. The maximum atomic E-state index is 5.00. The van der Waals surface area contributed by atoms with Crippen LogP contribution in [0.2, 0.25) is 0 Å². The lowest BCUT2D eigenvalue weighted by Crippen LogP contribution is -2.10. The molecule has 0 unspecified atom stereocenters. The van der Waals surface area contributed by atoms with Gasteiger partial charge >= 0.3 is 0 Å². The normalized spacial score (nSPS) is 12.1. The maximum absolute atomic E-state index is 5.00. The third-order valence-electron chi connectivity index (χ3n) is 5.67. The van der Waals surface area contributed by atoms with Gasteiger partial charge in [0.1, 0.15) is 5.82 Å². The first-order valence-electron chi connectivity index (χ1n) is 9.62. The Bertz CT molecular complexity index is 1320. The summed E-state index contributed by atoms with van der Waals surface area (Å²) in [5.41, 5.74) is 9.97. The zero-order chi connectivity index (χ0) is 18.5. The van der Waals surface area contributed by atoms with Crippen LogP contribution in [0.4, 0.5) is 0 Å². The first kappa shape index (κ1) is 15.4. The first-order chi connectivity index (χ1) is 13.9. The number of aromatic nitrogens is 2. The van der Waals surface area contributed by atoms with Gasteiger partial charge in [0.15, 0.2) is 0 Å². The highest BCUT2D eigenvalue weighted by Crippen LogP contribution is 2.42. The predicted octanol–water partition coefficient (Wildman–Crippen LogP) is 6.40. The lowest BCUT2D eigenvalue weighted by Gasteiger charge is -2.23. The Morgan fingerprint density at radius 3 is 2.00 bits per heavy atom. The fourth-order valence-corrected chi connectivity index (χ4v) is 4.42. The lowest BCUT2D eigenvalue weighted by atomic mass is 9.89. The van der Waals surface area contributed by atoms with Crippen LogP contribution >= 0.6 is 0 Å². The fraction of sp³-hybridized carbons (Fsp3) is 0.0385. The lowest BCUT2D eigenvalue weighted by molar-refractivity contribution is 0.829. The molecule has 4 aromatic carbocycles. The third kappa shape index (κ3) is 2.18. The summed E-state index contributed by atoms with van der Waals surface area (Å²) >= 11 is 0. The van der Waals surface area contributed by atoms with Gasteiger partial charge in [-0.15, -0.1) is 0 Å². The van der Waals surface area contributed by atoms with Crippen molar-refractivity contribution in [1.82, 2.24) is 9.55 Å². The number of para-hydroxylation sites is 1. The summed E-state index contributed by atoms with van der Waals surface area (Å²) in [5, 5.41) is 0. The molecule has 6 rings (SSSR count). The highest BCUT2D eigenvalue weighted by Gasteiger charge is 2.24. The number of hydrogen-bond donors (Lipinski definition) is 0. The van der Waals surface area contributed by atoms with E-state index in [9.17, 15) is 0 Å². The van der Waals surface area contributed by atoms with Gasteiger partial charge in [-0.25, -0.2) is 4.98 Å². The quantitative estimate of drug-likeness (QED) is 0.350. The average Bonchev–Trinajstić information content (AvgIpc) is 3.14. The van der Waals surface area contributed by atoms with E-state index < -0.39 is 0 Å². The second-order valence-electron chi connectivity index (χ2n) is 7.26. The van der Waals surface area contributed by atoms with E-state index in [1.165, 1.54) is 33.3 Å². The SMILES string of the molecule is c1ccc(-c2cccc3c2Cn2c(-c4ccccc4)nc4cccc-3c42)cc1. The van der Waals surface area contributed by atoms with Crippen LogP contribution in [0.25, 0.3) is 44.7 Å². The van der Waals surface area contributed by atoms with Gasteiger partial charge in [0.2, 0.25) is 0 Å². The first-order valence-corrected chi connectivity index (χ1v) is 9.62. The Hall–Kier alpha value is -3.65. The molecular formula is C26H18N2. The molecule has 0 saturated carbocycles. The van der Waals surface area contributed by atoms with Gasteiger partial charge in [-0.2, -0.15) is 0 Å². The monoisotopic (exact) mass is 358 g/mol. The van der Waals surface area contributed by atoms with Crippen molar-refractivity contribution in [3.63, 3.8) is 0 Å². The second kappa shape index (κ2) is 5.93. The van der Waals surface area contributed by atoms with Crippen molar-refractivity contribution < 1.29 is 0 Å². The van der Waals surface area contributed by atoms with Gasteiger partial charge in [0, 0.05) is 11.1 Å². The second-order valence-corrected chi connectivity index (χ2v) is 7.26. The summed E-state index contributed by atoms with van der Waals surface area (Å²) < 4.78 is 2.38. The Morgan fingerprint density at radius 1 is 0.571 bits per heavy atom. The van der Waals surface area contributed by atoms with E-state index in [-0.39, 0.29) is 0 Å². The van der Waals surface area contributed by atoms with Crippen LogP contribution in [0.15, 0.2) is 97.1 Å². The molecule has 5 aromatic rings. The van der Waals surface area contributed by atoms with E-state index in [0.29, 0.717) is 0 Å². The standard InChI is InChI=1S/C26H18N2/c1-3-9-18(10-4-1)20-13-7-14-21-22-15-8-16-24-25(22)28(17-23(20)21)26(27-24)19-11-5-2-6-12-19/h1-16H,17H2. The van der Waals surface area contributed by atoms with Crippen molar-refractivity contribution in [2.75, 3.05) is 0 Å². The van der Waals surface area contributed by atoms with E-state index in [1.807, 2.05) is 0 Å². The van der Waals surface area contributed by atoms with Gasteiger partial charge in [-0.1, -0.05) is 91.0 Å². The van der Waals surface area contributed by atoms with E-state index in [2.05, 4.69) is 102 Å². The molecule has 0 aliphatic carbocycles. The number of hydrogen-bond acceptors (Lipinski definition) is 1. The van der Waals surface area contributed by atoms with Crippen LogP contribution in [0.3, 0.4) is 0 Å². The molecule has 1 aliphatic heterocycles. The Kier molecular flexibility index (Phi) is 3.26. The molecule has 2 heterocycles. The molecule has 0 radical (unpaired) electrons. The molecule has 0 bridgehead atoms. The van der Waals surface area contributed by atoms with E-state index in [1.54, 1.807) is 0 Å². The third-order valence-corrected chi connectivity index (χ3v) is 5.67. The average molecular weight is 358 g/mol. The molecule has 0 spiro atoms. The van der Waals surface area contributed by atoms with Gasteiger partial charge in [-0.3, -0.25) is 0 Å². The van der Waals surface area contributed by atoms with Crippen molar-refractivity contribution in [2.24, 2.45) is 0 Å². The van der Waals surface area contributed by atoms with E-state index in [4.69, 9.17) is 4.98 Å². The minimum Gasteiger partial charge on any atom is -0.319 e. The molecular weight excluding hydrogens is 340 g/mol. The van der Waals surface area contributed by atoms with Gasteiger partial charge in [0.25, 0.3) is 0 Å². The molecule has 0 atom stereocenters. The van der Waals surface area contributed by atoms with Crippen LogP contribution < -0.4 is 0 Å². The van der Waals surface area contributed by atoms with E-state index in [0.717, 1.165) is 23.4 Å². The molecule has 1 aromatic heterocycles. The summed E-state index contributed by atoms with van der Waals surface area (Å²) in [4.78, 5) is 5.00. The molecule has 0 amide bonds. The van der Waals surface area contributed by atoms with Crippen molar-refractivity contribution in [3.8, 4) is 33.6 Å². The summed E-state index contributed by atoms with van der Waals surface area (Å²) in [7, 11) is 0. The van der Waals surface area contributed by atoms with Crippen molar-refractivity contribution in [2.45, 2.75) is 6.54 Å². The smallest absolute Gasteiger partial charge is 0.141 e. The van der Waals surface area contributed by atoms with Gasteiger partial charge in [-0.05, 0) is 28.3 Å². The number of fused-ring (bicyclic) bond motifs is 2. The molecule has 0 N–H and O–H groups in total. The molecule has 2 nitrogen and oxygen atoms in total. The Morgan fingerprint density at radius 2 is 1.21 bits per heavy atom. The minimum absolute atomic E-state index is 0.831. The molecule has 28 heavy (non-hydrogen) atoms. The zero-order valence-corrected chi connectivity index (χ0v) is 15.3. The molecule has 1 aliphatic rings. The summed E-state index contributed by atoms with van der Waals surface area (Å²) in [6, 6.07) is 34.3. The van der Waals surface area contributed by atoms with Crippen molar-refractivity contribution in [1.29, 1.82) is 0 Å². The number of nitrogens with zero attached hydrogens (tertiary/aromatic N) is 2. The van der Waals surface area contributed by atoms with Gasteiger partial charge < -0.3 is 4.57 Å². The number of benzene rings is 4. The maximum Gasteiger partial charge on any atom is 0.141 e. The molecule has 2 heteroatoms. The number of rotatable bonds is 2. The van der Waals surface area contributed by atoms with Crippen LogP contribution in [0.1, 0.15) is 5.56 Å². The van der Waals surface area contributed by atoms with Crippen LogP contribution in [0, 0.1) is 0 Å². The zero-order valence-electron chi connectivity index (χ0n) is 15.3. The molecule has 132 valence electrons. The Labute approximate surface area is 163 Å². The minimum atomic E-state index is 0.831. The highest BCUT2D eigenvalue weighted by atomic mass is 15.1. The topological polar surface area (TPSA) is 17.8 Å². The van der Waals surface area contributed by atoms with Crippen molar-refractivity contribution in [3.05, 3.63) is 103 Å². The number of imidazole rings is 1. The van der Waals surface area contributed by atoms with Crippen LogP contribution in [-0.2, 0) is 6.54 Å². The predicted molar refractivity (Wildman–Crippen MR) is 115 cm³/mol. The van der Waals surface area contributed by atoms with Crippen LogP contribution in [-0.4, -0.2) is 9.55 Å². The Balaban J connectivity index is 1.66. The summed E-state index contributed by atoms with van der Waals surface area (Å²) in [5.74, 6) is 1.04. The fourth-order valence-electron chi connectivity index (χ4n) is 4.42. The summed E-state index contributed by atoms with van der Waals surface area (Å²) in [6.45, 7) is 0.831. The van der Waals surface area contributed by atoms with Crippen LogP contribution in [0.5, 0.6) is 0 Å². The van der Waals surface area contributed by atoms with E-state index >= 15 is 0 Å². The summed E-state index contributed by atoms with van der Waals surface area (Å²) in [6.07, 6.45) is 0.